The molecule has 0 saturated heterocycles. The summed E-state index contributed by atoms with van der Waals surface area (Å²) in [6, 6.07) is 25.0. The molecule has 0 bridgehead atoms. The van der Waals surface area contributed by atoms with Crippen molar-refractivity contribution in [2.75, 3.05) is 6.35 Å². The minimum absolute atomic E-state index is 0.211. The minimum Gasteiger partial charge on any atom is -0.456 e. The van der Waals surface area contributed by atoms with Gasteiger partial charge in [0.05, 0.1) is 5.56 Å². The number of rotatable bonds is 5. The van der Waals surface area contributed by atoms with E-state index in [1.807, 2.05) is 55.5 Å². The molecule has 0 radical (unpaired) electrons. The van der Waals surface area contributed by atoms with Crippen molar-refractivity contribution < 1.29 is 9.53 Å². The zero-order valence-electron chi connectivity index (χ0n) is 14.0. The van der Waals surface area contributed by atoms with Gasteiger partial charge in [0.2, 0.25) is 0 Å². The van der Waals surface area contributed by atoms with E-state index < -0.39 is 6.04 Å². The van der Waals surface area contributed by atoms with Gasteiger partial charge < -0.3 is 4.74 Å². The van der Waals surface area contributed by atoms with Crippen molar-refractivity contribution in [3.63, 3.8) is 0 Å². The Morgan fingerprint density at radius 3 is 1.96 bits per heavy atom. The van der Waals surface area contributed by atoms with Crippen molar-refractivity contribution in [3.05, 3.63) is 96.1 Å². The average molecular weight is 366 g/mol. The summed E-state index contributed by atoms with van der Waals surface area (Å²) in [6.45, 7) is 2.05. The number of hydrogen-bond donors (Lipinski definition) is 0. The largest absolute Gasteiger partial charge is 0.456 e. The Balaban J connectivity index is 1.91. The third kappa shape index (κ3) is 4.07. The van der Waals surface area contributed by atoms with Crippen molar-refractivity contribution >= 4 is 34.4 Å². The molecule has 0 heterocycles. The highest BCUT2D eigenvalue weighted by Crippen LogP contribution is 2.43. The summed E-state index contributed by atoms with van der Waals surface area (Å²) in [7, 11) is 0. The summed E-state index contributed by atoms with van der Waals surface area (Å²) in [6.07, 6.45) is 0.211. The molecule has 0 fully saturated rings. The van der Waals surface area contributed by atoms with Gasteiger partial charge in [0.15, 0.2) is 0 Å². The number of carbonyl (C=O) groups excluding carboxylic acids is 1. The molecule has 126 valence electrons. The predicted octanol–water partition coefficient (Wildman–Crippen LogP) is 4.24. The molecule has 3 aromatic carbocycles. The standard InChI is InChI=1S/C21H19O2PS/c1-17-12-14-20(15-13-17)24(25,19-10-6-3-7-11-19)16-23-21(22)18-8-4-2-5-9-18/h2-15H,16H2,1H3. The lowest BCUT2D eigenvalue weighted by molar-refractivity contribution is 0.0576. The van der Waals surface area contributed by atoms with Crippen molar-refractivity contribution in [3.8, 4) is 0 Å². The number of esters is 1. The highest BCUT2D eigenvalue weighted by molar-refractivity contribution is 8.21. The van der Waals surface area contributed by atoms with Crippen LogP contribution in [0.4, 0.5) is 0 Å². The Hall–Kier alpha value is -2.22. The van der Waals surface area contributed by atoms with E-state index in [4.69, 9.17) is 16.5 Å². The van der Waals surface area contributed by atoms with Crippen molar-refractivity contribution in [1.82, 2.24) is 0 Å². The third-order valence-corrected chi connectivity index (χ3v) is 8.35. The molecule has 3 aromatic rings. The molecule has 0 aliphatic carbocycles. The van der Waals surface area contributed by atoms with Gasteiger partial charge in [-0.15, -0.1) is 0 Å². The van der Waals surface area contributed by atoms with Gasteiger partial charge >= 0.3 is 5.97 Å². The Morgan fingerprint density at radius 1 is 0.840 bits per heavy atom. The third-order valence-electron chi connectivity index (χ3n) is 4.01. The summed E-state index contributed by atoms with van der Waals surface area (Å²) in [5, 5.41) is 2.11. The number of aryl methyl sites for hydroxylation is 1. The van der Waals surface area contributed by atoms with Crippen LogP contribution in [0.5, 0.6) is 0 Å². The molecule has 0 saturated carbocycles. The zero-order chi connectivity index (χ0) is 17.7. The van der Waals surface area contributed by atoms with E-state index in [9.17, 15) is 4.79 Å². The molecule has 1 unspecified atom stereocenters. The van der Waals surface area contributed by atoms with E-state index in [0.29, 0.717) is 5.56 Å². The first kappa shape index (κ1) is 17.6. The van der Waals surface area contributed by atoms with Crippen LogP contribution in [-0.2, 0) is 16.5 Å². The molecular weight excluding hydrogens is 347 g/mol. The van der Waals surface area contributed by atoms with Crippen LogP contribution >= 0.6 is 6.04 Å². The fourth-order valence-electron chi connectivity index (χ4n) is 2.56. The normalized spacial score (nSPS) is 13.0. The lowest BCUT2D eigenvalue weighted by Gasteiger charge is -2.23. The molecule has 0 aliphatic rings. The molecule has 25 heavy (non-hydrogen) atoms. The maximum absolute atomic E-state index is 12.4. The van der Waals surface area contributed by atoms with E-state index in [1.54, 1.807) is 12.1 Å². The first-order chi connectivity index (χ1) is 12.1. The molecule has 2 nitrogen and oxygen atoms in total. The first-order valence-electron chi connectivity index (χ1n) is 8.04. The van der Waals surface area contributed by atoms with Gasteiger partial charge in [0.25, 0.3) is 0 Å². The second-order valence-corrected chi connectivity index (χ2v) is 10.5. The van der Waals surface area contributed by atoms with Gasteiger partial charge in [0.1, 0.15) is 6.35 Å². The summed E-state index contributed by atoms with van der Waals surface area (Å²) in [5.74, 6) is -0.335. The average Bonchev–Trinajstić information content (AvgIpc) is 2.68. The van der Waals surface area contributed by atoms with Crippen LogP contribution in [0.25, 0.3) is 0 Å². The number of ether oxygens (including phenoxy) is 1. The smallest absolute Gasteiger partial charge is 0.338 e. The molecule has 4 heteroatoms. The van der Waals surface area contributed by atoms with Crippen LogP contribution in [0.15, 0.2) is 84.9 Å². The van der Waals surface area contributed by atoms with Crippen molar-refractivity contribution in [2.45, 2.75) is 6.92 Å². The summed E-state index contributed by atoms with van der Waals surface area (Å²) >= 11 is 6.08. The summed E-state index contributed by atoms with van der Waals surface area (Å²) in [5.41, 5.74) is 1.72. The SMILES string of the molecule is Cc1ccc(P(=S)(COC(=O)c2ccccc2)c2ccccc2)cc1. The van der Waals surface area contributed by atoms with E-state index in [1.165, 1.54) is 5.56 Å². The fourth-order valence-corrected chi connectivity index (χ4v) is 5.63. The Kier molecular flexibility index (Phi) is 5.47. The van der Waals surface area contributed by atoms with Gasteiger partial charge in [-0.05, 0) is 29.7 Å². The fraction of sp³-hybridized carbons (Fsp3) is 0.0952. The van der Waals surface area contributed by atoms with Gasteiger partial charge in [-0.25, -0.2) is 4.79 Å². The number of carbonyl (C=O) groups is 1. The maximum Gasteiger partial charge on any atom is 0.338 e. The monoisotopic (exact) mass is 366 g/mol. The maximum atomic E-state index is 12.4. The van der Waals surface area contributed by atoms with E-state index in [2.05, 4.69) is 24.3 Å². The lowest BCUT2D eigenvalue weighted by Crippen LogP contribution is -2.21. The highest BCUT2D eigenvalue weighted by atomic mass is 32.4. The molecule has 0 aromatic heterocycles. The minimum atomic E-state index is -2.23. The van der Waals surface area contributed by atoms with Crippen LogP contribution in [0.3, 0.4) is 0 Å². The molecular formula is C21H19O2PS. The summed E-state index contributed by atoms with van der Waals surface area (Å²) in [4.78, 5) is 12.4. The van der Waals surface area contributed by atoms with E-state index >= 15 is 0 Å². The Bertz CT molecular complexity index is 890. The zero-order valence-corrected chi connectivity index (χ0v) is 15.7. The van der Waals surface area contributed by atoms with Crippen LogP contribution in [0, 0.1) is 6.92 Å². The van der Waals surface area contributed by atoms with Crippen molar-refractivity contribution in [1.29, 1.82) is 0 Å². The second-order valence-electron chi connectivity index (χ2n) is 5.84. The highest BCUT2D eigenvalue weighted by Gasteiger charge is 2.24. The molecule has 0 amide bonds. The van der Waals surface area contributed by atoms with Crippen LogP contribution in [0.2, 0.25) is 0 Å². The van der Waals surface area contributed by atoms with E-state index in [0.717, 1.165) is 10.6 Å². The molecule has 1 atom stereocenters. The number of hydrogen-bond acceptors (Lipinski definition) is 3. The van der Waals surface area contributed by atoms with E-state index in [-0.39, 0.29) is 12.3 Å². The van der Waals surface area contributed by atoms with Gasteiger partial charge in [-0.1, -0.05) is 90.2 Å². The predicted molar refractivity (Wildman–Crippen MR) is 108 cm³/mol. The second kappa shape index (κ2) is 7.77. The number of benzene rings is 3. The summed E-state index contributed by atoms with van der Waals surface area (Å²) < 4.78 is 5.64. The Labute approximate surface area is 153 Å². The van der Waals surface area contributed by atoms with Gasteiger partial charge in [-0.3, -0.25) is 0 Å². The van der Waals surface area contributed by atoms with Crippen LogP contribution < -0.4 is 10.6 Å². The van der Waals surface area contributed by atoms with Crippen LogP contribution in [-0.4, -0.2) is 12.3 Å². The lowest BCUT2D eigenvalue weighted by atomic mass is 10.2. The van der Waals surface area contributed by atoms with Crippen molar-refractivity contribution in [2.24, 2.45) is 0 Å². The Morgan fingerprint density at radius 2 is 1.36 bits per heavy atom. The van der Waals surface area contributed by atoms with Gasteiger partial charge in [0, 0.05) is 6.04 Å². The first-order valence-corrected chi connectivity index (χ1v) is 11.0. The molecule has 0 N–H and O–H groups in total. The molecule has 0 aliphatic heterocycles. The topological polar surface area (TPSA) is 26.3 Å². The molecule has 3 rings (SSSR count). The van der Waals surface area contributed by atoms with Crippen LogP contribution in [0.1, 0.15) is 15.9 Å². The quantitative estimate of drug-likeness (QED) is 0.499. The van der Waals surface area contributed by atoms with Gasteiger partial charge in [-0.2, -0.15) is 0 Å². The molecule has 0 spiro atoms.